The molecule has 164 valence electrons. The van der Waals surface area contributed by atoms with Gasteiger partial charge in [-0.15, -0.1) is 0 Å². The molecule has 0 saturated carbocycles. The summed E-state index contributed by atoms with van der Waals surface area (Å²) in [6.45, 7) is 8.82. The van der Waals surface area contributed by atoms with Crippen LogP contribution in [-0.4, -0.2) is 34.1 Å². The predicted octanol–water partition coefficient (Wildman–Crippen LogP) is 4.31. The number of benzene rings is 1. The summed E-state index contributed by atoms with van der Waals surface area (Å²) < 4.78 is 5.46. The molecule has 31 heavy (non-hydrogen) atoms. The van der Waals surface area contributed by atoms with Crippen LogP contribution in [0.15, 0.2) is 28.8 Å². The minimum absolute atomic E-state index is 0.0471. The number of nitrogens with one attached hydrogen (secondary N) is 1. The van der Waals surface area contributed by atoms with Crippen molar-refractivity contribution < 1.29 is 9.32 Å². The Balaban J connectivity index is 1.46. The molecule has 3 aromatic rings. The maximum Gasteiger partial charge on any atom is 0.263 e. The molecule has 1 aliphatic rings. The molecule has 1 fully saturated rings. The topological polar surface area (TPSA) is 84.1 Å². The minimum atomic E-state index is -0.0471. The van der Waals surface area contributed by atoms with Crippen molar-refractivity contribution in [2.75, 3.05) is 18.0 Å². The average Bonchev–Trinajstić information content (AvgIpc) is 3.11. The largest absolute Gasteiger partial charge is 0.355 e. The van der Waals surface area contributed by atoms with Gasteiger partial charge in [0.25, 0.3) is 5.71 Å². The molecule has 3 heterocycles. The Morgan fingerprint density at radius 1 is 1.19 bits per heavy atom. The van der Waals surface area contributed by atoms with E-state index in [1.54, 1.807) is 0 Å². The average molecular weight is 442 g/mol. The lowest BCUT2D eigenvalue weighted by molar-refractivity contribution is -0.121. The Labute approximate surface area is 187 Å². The van der Waals surface area contributed by atoms with E-state index in [1.807, 2.05) is 31.2 Å². The zero-order valence-corrected chi connectivity index (χ0v) is 18.9. The van der Waals surface area contributed by atoms with Crippen molar-refractivity contribution in [3.05, 3.63) is 46.4 Å². The molecule has 0 unspecified atom stereocenters. The van der Waals surface area contributed by atoms with Crippen molar-refractivity contribution in [3.63, 3.8) is 0 Å². The normalized spacial score (nSPS) is 19.0. The molecule has 2 atom stereocenters. The Morgan fingerprint density at radius 3 is 2.61 bits per heavy atom. The van der Waals surface area contributed by atoms with Gasteiger partial charge >= 0.3 is 0 Å². The van der Waals surface area contributed by atoms with Crippen LogP contribution in [0.1, 0.15) is 43.8 Å². The number of aryl methyl sites for hydroxylation is 2. The predicted molar refractivity (Wildman–Crippen MR) is 121 cm³/mol. The summed E-state index contributed by atoms with van der Waals surface area (Å²) >= 11 is 5.90. The first-order chi connectivity index (χ1) is 14.9. The number of hydrogen-bond acceptors (Lipinski definition) is 6. The molecule has 0 aliphatic carbocycles. The second kappa shape index (κ2) is 9.22. The molecule has 1 saturated heterocycles. The van der Waals surface area contributed by atoms with Gasteiger partial charge in [0, 0.05) is 37.5 Å². The second-order valence-corrected chi connectivity index (χ2v) is 9.10. The lowest BCUT2D eigenvalue weighted by Gasteiger charge is -2.36. The number of aromatic nitrogens is 3. The number of amides is 1. The molecule has 1 amide bonds. The third-order valence-corrected chi connectivity index (χ3v) is 5.93. The number of carbonyl (C=O) groups excluding carboxylic acids is 1. The quantitative estimate of drug-likeness (QED) is 0.613. The van der Waals surface area contributed by atoms with Crippen LogP contribution >= 0.6 is 11.6 Å². The van der Waals surface area contributed by atoms with Crippen molar-refractivity contribution >= 4 is 34.4 Å². The highest BCUT2D eigenvalue weighted by atomic mass is 35.5. The van der Waals surface area contributed by atoms with Gasteiger partial charge in [0.1, 0.15) is 17.0 Å². The number of piperidine rings is 1. The van der Waals surface area contributed by atoms with E-state index in [1.165, 1.54) is 6.42 Å². The van der Waals surface area contributed by atoms with E-state index in [0.29, 0.717) is 47.8 Å². The zero-order valence-electron chi connectivity index (χ0n) is 18.2. The number of rotatable bonds is 6. The standard InChI is InChI=1S/C23H28ClN5O2/c1-14-10-15(2)13-29(12-14)22-21-16(3)28-31-23(21)27-19(26-22)8-9-20(30)25-11-17-4-6-18(24)7-5-17/h4-7,14-15H,8-13H2,1-3H3,(H,25,30)/t14-,15-/m1/s1. The van der Waals surface area contributed by atoms with Crippen LogP contribution < -0.4 is 10.2 Å². The lowest BCUT2D eigenvalue weighted by atomic mass is 9.92. The van der Waals surface area contributed by atoms with E-state index in [9.17, 15) is 4.79 Å². The summed E-state index contributed by atoms with van der Waals surface area (Å²) in [7, 11) is 0. The van der Waals surface area contributed by atoms with Crippen LogP contribution in [0.2, 0.25) is 5.02 Å². The van der Waals surface area contributed by atoms with Crippen molar-refractivity contribution in [2.24, 2.45) is 11.8 Å². The number of hydrogen-bond donors (Lipinski definition) is 1. The summed E-state index contributed by atoms with van der Waals surface area (Å²) in [5.41, 5.74) is 2.29. The van der Waals surface area contributed by atoms with Gasteiger partial charge in [-0.1, -0.05) is 42.7 Å². The first kappa shape index (κ1) is 21.6. The van der Waals surface area contributed by atoms with E-state index in [0.717, 1.165) is 35.6 Å². The molecule has 0 bridgehead atoms. The first-order valence-electron chi connectivity index (χ1n) is 10.8. The van der Waals surface area contributed by atoms with E-state index in [4.69, 9.17) is 21.1 Å². The highest BCUT2D eigenvalue weighted by Gasteiger charge is 2.27. The van der Waals surface area contributed by atoms with Crippen LogP contribution in [0, 0.1) is 18.8 Å². The van der Waals surface area contributed by atoms with Gasteiger partial charge in [0.2, 0.25) is 5.91 Å². The van der Waals surface area contributed by atoms with E-state index in [-0.39, 0.29) is 5.91 Å². The van der Waals surface area contributed by atoms with Crippen LogP contribution in [0.4, 0.5) is 5.82 Å². The van der Waals surface area contributed by atoms with Crippen molar-refractivity contribution in [3.8, 4) is 0 Å². The highest BCUT2D eigenvalue weighted by molar-refractivity contribution is 6.30. The fraction of sp³-hybridized carbons (Fsp3) is 0.478. The molecule has 1 N–H and O–H groups in total. The molecule has 8 heteroatoms. The molecule has 0 radical (unpaired) electrons. The van der Waals surface area contributed by atoms with Crippen molar-refractivity contribution in [1.29, 1.82) is 0 Å². The monoisotopic (exact) mass is 441 g/mol. The van der Waals surface area contributed by atoms with Crippen molar-refractivity contribution in [1.82, 2.24) is 20.4 Å². The Kier molecular flexibility index (Phi) is 6.41. The van der Waals surface area contributed by atoms with Gasteiger partial charge < -0.3 is 14.7 Å². The maximum absolute atomic E-state index is 12.4. The summed E-state index contributed by atoms with van der Waals surface area (Å²) in [5, 5.41) is 8.59. The Morgan fingerprint density at radius 2 is 1.90 bits per heavy atom. The van der Waals surface area contributed by atoms with Crippen LogP contribution in [0.3, 0.4) is 0 Å². The molecule has 1 aliphatic heterocycles. The van der Waals surface area contributed by atoms with Crippen LogP contribution in [-0.2, 0) is 17.8 Å². The molecule has 0 spiro atoms. The summed E-state index contributed by atoms with van der Waals surface area (Å²) in [6, 6.07) is 7.43. The number of fused-ring (bicyclic) bond motifs is 1. The third-order valence-electron chi connectivity index (χ3n) is 5.68. The van der Waals surface area contributed by atoms with Gasteiger partial charge in [0.15, 0.2) is 0 Å². The summed E-state index contributed by atoms with van der Waals surface area (Å²) in [6.07, 6.45) is 1.96. The maximum atomic E-state index is 12.4. The zero-order chi connectivity index (χ0) is 22.0. The number of anilines is 1. The SMILES string of the molecule is Cc1noc2nc(CCC(=O)NCc3ccc(Cl)cc3)nc(N3C[C@H](C)C[C@@H](C)C3)c12. The summed E-state index contributed by atoms with van der Waals surface area (Å²) in [4.78, 5) is 24.0. The molecular weight excluding hydrogens is 414 g/mol. The number of carbonyl (C=O) groups is 1. The lowest BCUT2D eigenvalue weighted by Crippen LogP contribution is -2.39. The molecule has 2 aromatic heterocycles. The molecule has 4 rings (SSSR count). The van der Waals surface area contributed by atoms with Gasteiger partial charge in [-0.05, 0) is 42.9 Å². The van der Waals surface area contributed by atoms with Gasteiger partial charge in [-0.2, -0.15) is 4.98 Å². The van der Waals surface area contributed by atoms with E-state index < -0.39 is 0 Å². The number of halogens is 1. The molecule has 7 nitrogen and oxygen atoms in total. The third kappa shape index (κ3) is 5.15. The van der Waals surface area contributed by atoms with Crippen molar-refractivity contribution in [2.45, 2.75) is 46.6 Å². The fourth-order valence-corrected chi connectivity index (χ4v) is 4.43. The fourth-order valence-electron chi connectivity index (χ4n) is 4.30. The summed E-state index contributed by atoms with van der Waals surface area (Å²) in [5.74, 6) is 2.62. The minimum Gasteiger partial charge on any atom is -0.355 e. The first-order valence-corrected chi connectivity index (χ1v) is 11.2. The Bertz CT molecular complexity index is 1060. The van der Waals surface area contributed by atoms with Gasteiger partial charge in [-0.3, -0.25) is 4.79 Å². The van der Waals surface area contributed by atoms with Crippen LogP contribution in [0.25, 0.3) is 11.1 Å². The smallest absolute Gasteiger partial charge is 0.263 e. The highest BCUT2D eigenvalue weighted by Crippen LogP contribution is 2.31. The Hall–Kier alpha value is -2.67. The molecule has 1 aromatic carbocycles. The van der Waals surface area contributed by atoms with Crippen LogP contribution in [0.5, 0.6) is 0 Å². The molecular formula is C23H28ClN5O2. The van der Waals surface area contributed by atoms with Gasteiger partial charge in [-0.25, -0.2) is 4.98 Å². The van der Waals surface area contributed by atoms with Gasteiger partial charge in [0.05, 0.1) is 5.69 Å². The van der Waals surface area contributed by atoms with E-state index in [2.05, 4.69) is 34.2 Å². The van der Waals surface area contributed by atoms with E-state index >= 15 is 0 Å². The second-order valence-electron chi connectivity index (χ2n) is 8.67. The number of nitrogens with zero attached hydrogens (tertiary/aromatic N) is 4.